The zero-order valence-electron chi connectivity index (χ0n) is 9.25. The van der Waals surface area contributed by atoms with Crippen molar-refractivity contribution >= 4 is 5.91 Å². The number of aliphatic hydroxyl groups excluding tert-OH is 1. The summed E-state index contributed by atoms with van der Waals surface area (Å²) >= 11 is 0. The summed E-state index contributed by atoms with van der Waals surface area (Å²) in [6, 6.07) is 1.85. The fraction of sp³-hybridized carbons (Fsp3) is 0.636. The average Bonchev–Trinajstić information content (AvgIpc) is 2.96. The first-order chi connectivity index (χ1) is 7.79. The molecule has 0 aromatic carbocycles. The van der Waals surface area contributed by atoms with E-state index in [-0.39, 0.29) is 18.4 Å². The Kier molecular flexibility index (Phi) is 3.56. The minimum absolute atomic E-state index is 0.159. The molecule has 0 bridgehead atoms. The van der Waals surface area contributed by atoms with Crippen molar-refractivity contribution in [1.82, 2.24) is 14.7 Å². The molecular formula is C11H17N3O2. The summed E-state index contributed by atoms with van der Waals surface area (Å²) in [5.74, 6) is 0.431. The van der Waals surface area contributed by atoms with Crippen LogP contribution < -0.4 is 0 Å². The third kappa shape index (κ3) is 2.61. The molecule has 1 fully saturated rings. The van der Waals surface area contributed by atoms with Crippen LogP contribution in [0.2, 0.25) is 0 Å². The van der Waals surface area contributed by atoms with E-state index in [2.05, 4.69) is 5.10 Å². The first kappa shape index (κ1) is 11.1. The van der Waals surface area contributed by atoms with Crippen molar-refractivity contribution in [2.75, 3.05) is 19.7 Å². The summed E-state index contributed by atoms with van der Waals surface area (Å²) in [5, 5.41) is 13.0. The first-order valence-electron chi connectivity index (χ1n) is 5.65. The molecule has 1 N–H and O–H groups in total. The van der Waals surface area contributed by atoms with E-state index in [0.717, 1.165) is 13.0 Å². The number of hydrogen-bond acceptors (Lipinski definition) is 3. The largest absolute Gasteiger partial charge is 0.396 e. The van der Waals surface area contributed by atoms with Gasteiger partial charge in [0.25, 0.3) is 0 Å². The zero-order valence-corrected chi connectivity index (χ0v) is 9.25. The normalized spacial score (nSPS) is 20.3. The van der Waals surface area contributed by atoms with Crippen LogP contribution in [0.4, 0.5) is 0 Å². The van der Waals surface area contributed by atoms with Crippen molar-refractivity contribution in [2.24, 2.45) is 5.92 Å². The number of nitrogens with zero attached hydrogens (tertiary/aromatic N) is 3. The number of hydrogen-bond donors (Lipinski definition) is 1. The predicted molar refractivity (Wildman–Crippen MR) is 58.6 cm³/mol. The number of carbonyl (C=O) groups is 1. The van der Waals surface area contributed by atoms with E-state index < -0.39 is 0 Å². The Bertz CT molecular complexity index is 337. The quantitative estimate of drug-likeness (QED) is 0.788. The van der Waals surface area contributed by atoms with Crippen LogP contribution in [0.3, 0.4) is 0 Å². The molecule has 2 rings (SSSR count). The molecule has 1 saturated heterocycles. The highest BCUT2D eigenvalue weighted by atomic mass is 16.3. The molecule has 5 heteroatoms. The summed E-state index contributed by atoms with van der Waals surface area (Å²) < 4.78 is 1.76. The molecule has 88 valence electrons. The highest BCUT2D eigenvalue weighted by molar-refractivity contribution is 5.76. The Morgan fingerprint density at radius 2 is 2.44 bits per heavy atom. The Balaban J connectivity index is 1.76. The average molecular weight is 223 g/mol. The molecular weight excluding hydrogens is 206 g/mol. The molecule has 0 radical (unpaired) electrons. The number of aromatic nitrogens is 2. The maximum absolute atomic E-state index is 11.8. The SMILES string of the molecule is O=C(CCn1cccn1)N1CCC(CO)C1. The second-order valence-corrected chi connectivity index (χ2v) is 4.20. The summed E-state index contributed by atoms with van der Waals surface area (Å²) in [7, 11) is 0. The lowest BCUT2D eigenvalue weighted by Gasteiger charge is -2.15. The smallest absolute Gasteiger partial charge is 0.224 e. The van der Waals surface area contributed by atoms with Gasteiger partial charge in [-0.1, -0.05) is 0 Å². The number of rotatable bonds is 4. The molecule has 1 atom stereocenters. The van der Waals surface area contributed by atoms with Gasteiger partial charge in [-0.25, -0.2) is 0 Å². The maximum atomic E-state index is 11.8. The van der Waals surface area contributed by atoms with Gasteiger partial charge in [-0.05, 0) is 12.5 Å². The minimum atomic E-state index is 0.159. The summed E-state index contributed by atoms with van der Waals surface area (Å²) in [4.78, 5) is 13.6. The van der Waals surface area contributed by atoms with Gasteiger partial charge in [-0.15, -0.1) is 0 Å². The lowest BCUT2D eigenvalue weighted by atomic mass is 10.1. The monoisotopic (exact) mass is 223 g/mol. The third-order valence-corrected chi connectivity index (χ3v) is 3.01. The predicted octanol–water partition coefficient (Wildman–Crippen LogP) is 0.114. The van der Waals surface area contributed by atoms with E-state index in [1.165, 1.54) is 0 Å². The van der Waals surface area contributed by atoms with Crippen LogP contribution in [0.15, 0.2) is 18.5 Å². The maximum Gasteiger partial charge on any atom is 0.224 e. The van der Waals surface area contributed by atoms with Crippen molar-refractivity contribution < 1.29 is 9.90 Å². The Morgan fingerprint density at radius 1 is 1.56 bits per heavy atom. The van der Waals surface area contributed by atoms with E-state index in [9.17, 15) is 4.79 Å². The van der Waals surface area contributed by atoms with Crippen LogP contribution in [0.1, 0.15) is 12.8 Å². The number of aryl methyl sites for hydroxylation is 1. The molecule has 1 aliphatic heterocycles. The summed E-state index contributed by atoms with van der Waals surface area (Å²) in [5.41, 5.74) is 0. The van der Waals surface area contributed by atoms with Crippen LogP contribution in [-0.2, 0) is 11.3 Å². The summed E-state index contributed by atoms with van der Waals surface area (Å²) in [6.45, 7) is 2.30. The van der Waals surface area contributed by atoms with Crippen LogP contribution >= 0.6 is 0 Å². The number of carbonyl (C=O) groups excluding carboxylic acids is 1. The van der Waals surface area contributed by atoms with Crippen molar-refractivity contribution in [3.8, 4) is 0 Å². The number of aliphatic hydroxyl groups is 1. The lowest BCUT2D eigenvalue weighted by Crippen LogP contribution is -2.29. The topological polar surface area (TPSA) is 58.4 Å². The molecule has 2 heterocycles. The molecule has 1 unspecified atom stereocenters. The standard InChI is InChI=1S/C11H17N3O2/c15-9-10-2-6-13(8-10)11(16)3-7-14-5-1-4-12-14/h1,4-5,10,15H,2-3,6-9H2. The van der Waals surface area contributed by atoms with Gasteiger partial charge in [0.1, 0.15) is 0 Å². The van der Waals surface area contributed by atoms with Gasteiger partial charge in [-0.2, -0.15) is 5.10 Å². The fourth-order valence-electron chi connectivity index (χ4n) is 2.01. The Hall–Kier alpha value is -1.36. The van der Waals surface area contributed by atoms with Crippen LogP contribution in [0.25, 0.3) is 0 Å². The highest BCUT2D eigenvalue weighted by Gasteiger charge is 2.25. The van der Waals surface area contributed by atoms with Crippen molar-refractivity contribution in [3.63, 3.8) is 0 Å². The number of likely N-dealkylation sites (tertiary alicyclic amines) is 1. The first-order valence-corrected chi connectivity index (χ1v) is 5.65. The van der Waals surface area contributed by atoms with Crippen molar-refractivity contribution in [3.05, 3.63) is 18.5 Å². The van der Waals surface area contributed by atoms with Crippen molar-refractivity contribution in [1.29, 1.82) is 0 Å². The fourth-order valence-corrected chi connectivity index (χ4v) is 2.01. The van der Waals surface area contributed by atoms with Gasteiger partial charge in [0.15, 0.2) is 0 Å². The molecule has 16 heavy (non-hydrogen) atoms. The molecule has 1 amide bonds. The van der Waals surface area contributed by atoms with E-state index in [0.29, 0.717) is 19.5 Å². The second-order valence-electron chi connectivity index (χ2n) is 4.20. The molecule has 0 spiro atoms. The molecule has 1 aromatic rings. The Labute approximate surface area is 94.7 Å². The Morgan fingerprint density at radius 3 is 3.06 bits per heavy atom. The van der Waals surface area contributed by atoms with Gasteiger partial charge in [-0.3, -0.25) is 9.48 Å². The van der Waals surface area contributed by atoms with Gasteiger partial charge >= 0.3 is 0 Å². The van der Waals surface area contributed by atoms with Crippen LogP contribution in [-0.4, -0.2) is 45.4 Å². The van der Waals surface area contributed by atoms with E-state index in [4.69, 9.17) is 5.11 Å². The third-order valence-electron chi connectivity index (χ3n) is 3.01. The molecule has 1 aromatic heterocycles. The van der Waals surface area contributed by atoms with Gasteiger partial charge < -0.3 is 10.0 Å². The molecule has 0 aliphatic carbocycles. The van der Waals surface area contributed by atoms with Crippen LogP contribution in [0.5, 0.6) is 0 Å². The second kappa shape index (κ2) is 5.12. The minimum Gasteiger partial charge on any atom is -0.396 e. The van der Waals surface area contributed by atoms with E-state index in [1.54, 1.807) is 10.9 Å². The van der Waals surface area contributed by atoms with Crippen LogP contribution in [0, 0.1) is 5.92 Å². The summed E-state index contributed by atoms with van der Waals surface area (Å²) in [6.07, 6.45) is 4.97. The van der Waals surface area contributed by atoms with Gasteiger partial charge in [0.2, 0.25) is 5.91 Å². The zero-order chi connectivity index (χ0) is 11.4. The van der Waals surface area contributed by atoms with E-state index in [1.807, 2.05) is 17.2 Å². The lowest BCUT2D eigenvalue weighted by molar-refractivity contribution is -0.130. The van der Waals surface area contributed by atoms with Gasteiger partial charge in [0, 0.05) is 51.0 Å². The number of amides is 1. The van der Waals surface area contributed by atoms with Gasteiger partial charge in [0.05, 0.1) is 0 Å². The molecule has 5 nitrogen and oxygen atoms in total. The molecule has 0 saturated carbocycles. The van der Waals surface area contributed by atoms with Crippen molar-refractivity contribution in [2.45, 2.75) is 19.4 Å². The highest BCUT2D eigenvalue weighted by Crippen LogP contribution is 2.16. The molecule has 1 aliphatic rings. The van der Waals surface area contributed by atoms with E-state index >= 15 is 0 Å².